The third-order valence-corrected chi connectivity index (χ3v) is 11.2. The van der Waals surface area contributed by atoms with Crippen LogP contribution in [-0.4, -0.2) is 65.4 Å². The van der Waals surface area contributed by atoms with Gasteiger partial charge in [-0.3, -0.25) is 9.97 Å². The lowest BCUT2D eigenvalue weighted by Crippen LogP contribution is -2.33. The Morgan fingerprint density at radius 2 is 1.16 bits per heavy atom. The van der Waals surface area contributed by atoms with E-state index in [1.807, 2.05) is 0 Å². The Hall–Kier alpha value is -5.13. The van der Waals surface area contributed by atoms with Gasteiger partial charge in [0.25, 0.3) is 20.0 Å². The van der Waals surface area contributed by atoms with Gasteiger partial charge in [-0.1, -0.05) is 0 Å². The van der Waals surface area contributed by atoms with Crippen LogP contribution in [0.25, 0.3) is 22.5 Å². The van der Waals surface area contributed by atoms with Crippen LogP contribution in [0.4, 0.5) is 13.6 Å². The molecular formula is C39H42Cl2F2N6O6S2. The molecule has 0 bridgehead atoms. The Kier molecular flexibility index (Phi) is 15.7. The van der Waals surface area contributed by atoms with Crippen LogP contribution in [0.5, 0.6) is 0 Å². The quantitative estimate of drug-likeness (QED) is 0.146. The van der Waals surface area contributed by atoms with Crippen molar-refractivity contribution in [1.29, 1.82) is 0 Å². The van der Waals surface area contributed by atoms with Gasteiger partial charge in [-0.2, -0.15) is 0 Å². The zero-order valence-electron chi connectivity index (χ0n) is 31.5. The highest BCUT2D eigenvalue weighted by Gasteiger charge is 2.25. The molecule has 57 heavy (non-hydrogen) atoms. The summed E-state index contributed by atoms with van der Waals surface area (Å²) in [6, 6.07) is 20.7. The molecule has 304 valence electrons. The van der Waals surface area contributed by atoms with E-state index in [0.717, 1.165) is 9.54 Å². The molecule has 0 aliphatic carbocycles. The average Bonchev–Trinajstić information content (AvgIpc) is 3.78. The van der Waals surface area contributed by atoms with Crippen molar-refractivity contribution in [3.63, 3.8) is 0 Å². The maximum Gasteiger partial charge on any atom is 0.410 e. The normalized spacial score (nSPS) is 11.4. The van der Waals surface area contributed by atoms with Gasteiger partial charge in [0.1, 0.15) is 27.0 Å². The molecule has 0 spiro atoms. The Balaban J connectivity index is 0.000000303. The van der Waals surface area contributed by atoms with Crippen LogP contribution in [0.1, 0.15) is 31.9 Å². The average molecular weight is 864 g/mol. The van der Waals surface area contributed by atoms with Gasteiger partial charge in [0, 0.05) is 50.8 Å². The minimum atomic E-state index is -3.97. The number of pyridine rings is 2. The largest absolute Gasteiger partial charge is 0.444 e. The molecule has 6 rings (SSSR count). The van der Waals surface area contributed by atoms with Crippen molar-refractivity contribution in [2.75, 3.05) is 14.1 Å². The van der Waals surface area contributed by atoms with Crippen molar-refractivity contribution in [2.24, 2.45) is 0 Å². The highest BCUT2D eigenvalue weighted by Crippen LogP contribution is 2.29. The summed E-state index contributed by atoms with van der Waals surface area (Å²) < 4.78 is 86.7. The highest BCUT2D eigenvalue weighted by atomic mass is 35.5. The van der Waals surface area contributed by atoms with Crippen LogP contribution in [0, 0.1) is 11.6 Å². The molecular weight excluding hydrogens is 822 g/mol. The lowest BCUT2D eigenvalue weighted by molar-refractivity contribution is 0.0285. The van der Waals surface area contributed by atoms with Crippen LogP contribution in [-0.2, 0) is 37.9 Å². The summed E-state index contributed by atoms with van der Waals surface area (Å²) in [7, 11) is -4.41. The fraction of sp³-hybridized carbons (Fsp3) is 0.205. The van der Waals surface area contributed by atoms with Crippen LogP contribution in [0.15, 0.2) is 132 Å². The lowest BCUT2D eigenvalue weighted by Gasteiger charge is -2.24. The van der Waals surface area contributed by atoms with Crippen molar-refractivity contribution in [3.8, 4) is 22.5 Å². The third-order valence-electron chi connectivity index (χ3n) is 7.85. The number of carbonyl (C=O) groups excluding carboxylic acids is 1. The van der Waals surface area contributed by atoms with E-state index in [4.69, 9.17) is 4.74 Å². The summed E-state index contributed by atoms with van der Waals surface area (Å²) in [5.41, 5.74) is 2.68. The predicted octanol–water partition coefficient (Wildman–Crippen LogP) is 7.78. The first-order chi connectivity index (χ1) is 26.0. The number of hydrogen-bond donors (Lipinski definition) is 1. The van der Waals surface area contributed by atoms with E-state index >= 15 is 0 Å². The number of hydrogen-bond acceptors (Lipinski definition) is 9. The smallest absolute Gasteiger partial charge is 0.410 e. The number of ether oxygens (including phenoxy) is 1. The van der Waals surface area contributed by atoms with Gasteiger partial charge in [-0.05, 0) is 135 Å². The number of nitrogens with zero attached hydrogens (tertiary/aromatic N) is 5. The molecule has 1 amide bonds. The van der Waals surface area contributed by atoms with E-state index in [-0.39, 0.29) is 47.0 Å². The fourth-order valence-electron chi connectivity index (χ4n) is 5.35. The van der Waals surface area contributed by atoms with Crippen LogP contribution in [0.2, 0.25) is 0 Å². The standard InChI is InChI=1S/C22H24FN3O4S.C17H16FN3O2S.2ClH/c1-22(2,3)30-21(27)25(4)14-16-12-20(17-7-9-18(23)10-8-17)26(15-16)31(28,29)19-6-5-11-24-13-19;1-19-10-13-9-17(14-4-6-15(18)7-5-14)21(12-13)24(22,23)16-3-2-8-20-11-16;;/h5-13,15H,14H2,1-4H3;2-9,11-12,19H,10H2,1H3;2*1H. The minimum absolute atomic E-state index is 0. The molecule has 6 aromatic rings. The topological polar surface area (TPSA) is 145 Å². The van der Waals surface area contributed by atoms with Crippen molar-refractivity contribution < 1.29 is 35.1 Å². The number of halogens is 4. The van der Waals surface area contributed by atoms with Crippen LogP contribution >= 0.6 is 24.8 Å². The van der Waals surface area contributed by atoms with Crippen molar-refractivity contribution >= 4 is 51.0 Å². The van der Waals surface area contributed by atoms with E-state index in [1.165, 1.54) is 94.5 Å². The van der Waals surface area contributed by atoms with Gasteiger partial charge in [0.15, 0.2) is 0 Å². The Bertz CT molecular complexity index is 2460. The summed E-state index contributed by atoms with van der Waals surface area (Å²) in [5, 5.41) is 3.00. The molecule has 1 N–H and O–H groups in total. The molecule has 0 fully saturated rings. The van der Waals surface area contributed by atoms with Gasteiger partial charge >= 0.3 is 6.09 Å². The maximum atomic E-state index is 13.4. The number of aromatic nitrogens is 4. The number of amides is 1. The van der Waals surface area contributed by atoms with Gasteiger partial charge in [-0.25, -0.2) is 38.4 Å². The molecule has 0 saturated heterocycles. The molecule has 18 heteroatoms. The molecule has 0 unspecified atom stereocenters. The Labute approximate surface area is 343 Å². The highest BCUT2D eigenvalue weighted by molar-refractivity contribution is 7.90. The van der Waals surface area contributed by atoms with E-state index in [1.54, 1.807) is 71.4 Å². The van der Waals surface area contributed by atoms with Gasteiger partial charge in [0.05, 0.1) is 17.9 Å². The predicted molar refractivity (Wildman–Crippen MR) is 218 cm³/mol. The molecule has 0 radical (unpaired) electrons. The zero-order valence-corrected chi connectivity index (χ0v) is 34.8. The second-order valence-corrected chi connectivity index (χ2v) is 17.0. The van der Waals surface area contributed by atoms with E-state index in [2.05, 4.69) is 15.3 Å². The van der Waals surface area contributed by atoms with Gasteiger partial charge in [-0.15, -0.1) is 24.8 Å². The summed E-state index contributed by atoms with van der Waals surface area (Å²) in [5.74, 6) is -0.802. The number of benzene rings is 2. The first-order valence-corrected chi connectivity index (χ1v) is 19.7. The van der Waals surface area contributed by atoms with Crippen LogP contribution < -0.4 is 5.32 Å². The van der Waals surface area contributed by atoms with Crippen molar-refractivity contribution in [1.82, 2.24) is 28.1 Å². The van der Waals surface area contributed by atoms with E-state index in [0.29, 0.717) is 34.6 Å². The molecule has 0 aliphatic heterocycles. The fourth-order valence-corrected chi connectivity index (χ4v) is 8.07. The van der Waals surface area contributed by atoms with E-state index in [9.17, 15) is 30.4 Å². The first kappa shape index (κ1) is 46.3. The minimum Gasteiger partial charge on any atom is -0.444 e. The van der Waals surface area contributed by atoms with Gasteiger partial charge < -0.3 is 15.0 Å². The van der Waals surface area contributed by atoms with Gasteiger partial charge in [0.2, 0.25) is 0 Å². The molecule has 4 aromatic heterocycles. The van der Waals surface area contributed by atoms with Crippen molar-refractivity contribution in [2.45, 2.75) is 49.3 Å². The first-order valence-electron chi connectivity index (χ1n) is 16.8. The summed E-state index contributed by atoms with van der Waals surface area (Å²) in [6.07, 6.45) is 8.05. The second kappa shape index (κ2) is 19.3. The number of carbonyl (C=O) groups is 1. The molecule has 0 atom stereocenters. The summed E-state index contributed by atoms with van der Waals surface area (Å²) in [6.45, 7) is 5.94. The lowest BCUT2D eigenvalue weighted by atomic mass is 10.1. The molecule has 0 saturated carbocycles. The SMILES string of the molecule is CN(Cc1cc(-c2ccc(F)cc2)n(S(=O)(=O)c2cccnc2)c1)C(=O)OC(C)(C)C.CNCc1cc(-c2ccc(F)cc2)n(S(=O)(=O)c2cccnc2)c1.Cl.Cl. The number of rotatable bonds is 10. The molecule has 4 heterocycles. The third kappa shape index (κ3) is 11.5. The van der Waals surface area contributed by atoms with Crippen molar-refractivity contribution in [3.05, 3.63) is 145 Å². The second-order valence-electron chi connectivity index (χ2n) is 13.3. The zero-order chi connectivity index (χ0) is 40.0. The van der Waals surface area contributed by atoms with E-state index < -0.39 is 37.6 Å². The maximum absolute atomic E-state index is 13.4. The molecule has 12 nitrogen and oxygen atoms in total. The molecule has 2 aromatic carbocycles. The Morgan fingerprint density at radius 1 is 0.737 bits per heavy atom. The Morgan fingerprint density at radius 3 is 1.54 bits per heavy atom. The van der Waals surface area contributed by atoms with Crippen LogP contribution in [0.3, 0.4) is 0 Å². The number of nitrogens with one attached hydrogen (secondary N) is 1. The summed E-state index contributed by atoms with van der Waals surface area (Å²) >= 11 is 0. The monoisotopic (exact) mass is 862 g/mol. The molecule has 0 aliphatic rings. The summed E-state index contributed by atoms with van der Waals surface area (Å²) in [4.78, 5) is 21.5.